The number of benzene rings is 3. The van der Waals surface area contributed by atoms with E-state index in [1.165, 1.54) is 18.1 Å². The Bertz CT molecular complexity index is 1470. The van der Waals surface area contributed by atoms with Crippen molar-refractivity contribution < 1.29 is 28.9 Å². The number of thioether (sulfide) groups is 1. The third-order valence-electron chi connectivity index (χ3n) is 5.35. The van der Waals surface area contributed by atoms with Crippen LogP contribution in [0.4, 0.5) is 16.2 Å². The van der Waals surface area contributed by atoms with Crippen LogP contribution in [0.5, 0.6) is 17.2 Å². The summed E-state index contributed by atoms with van der Waals surface area (Å²) in [5.41, 5.74) is 1.37. The summed E-state index contributed by atoms with van der Waals surface area (Å²) in [5.74, 6) is -0.319. The van der Waals surface area contributed by atoms with Crippen LogP contribution >= 0.6 is 11.8 Å². The van der Waals surface area contributed by atoms with E-state index >= 15 is 0 Å². The topological polar surface area (TPSA) is 142 Å². The van der Waals surface area contributed by atoms with Gasteiger partial charge >= 0.3 is 5.69 Å². The monoisotopic (exact) mass is 521 g/mol. The minimum absolute atomic E-state index is 0.115. The maximum Gasteiger partial charge on any atom is 0.318 e. The van der Waals surface area contributed by atoms with Gasteiger partial charge in [-0.05, 0) is 54.1 Å². The van der Waals surface area contributed by atoms with Crippen LogP contribution < -0.4 is 9.47 Å². The molecule has 0 spiro atoms. The fourth-order valence-corrected chi connectivity index (χ4v) is 4.44. The zero-order valence-corrected chi connectivity index (χ0v) is 20.4. The number of hydrogen-bond acceptors (Lipinski definition) is 9. The molecule has 0 bridgehead atoms. The molecule has 0 aliphatic carbocycles. The van der Waals surface area contributed by atoms with E-state index in [1.807, 2.05) is 31.2 Å². The molecule has 2 amide bonds. The third-order valence-corrected chi connectivity index (χ3v) is 6.26. The van der Waals surface area contributed by atoms with Crippen LogP contribution in [0.2, 0.25) is 0 Å². The second kappa shape index (κ2) is 10.5. The van der Waals surface area contributed by atoms with Crippen LogP contribution in [-0.4, -0.2) is 33.0 Å². The van der Waals surface area contributed by atoms with Gasteiger partial charge in [0.1, 0.15) is 0 Å². The van der Waals surface area contributed by atoms with Crippen LogP contribution in [0.3, 0.4) is 0 Å². The first kappa shape index (κ1) is 25.4. The van der Waals surface area contributed by atoms with Crippen molar-refractivity contribution in [2.75, 3.05) is 7.11 Å². The van der Waals surface area contributed by atoms with E-state index < -0.39 is 27.1 Å². The Morgan fingerprint density at radius 1 is 0.946 bits per heavy atom. The summed E-state index contributed by atoms with van der Waals surface area (Å²) in [6.45, 7) is 2.09. The third kappa shape index (κ3) is 5.59. The number of amides is 2. The molecule has 3 aromatic rings. The summed E-state index contributed by atoms with van der Waals surface area (Å²) in [6.07, 6.45) is 1.54. The Balaban J connectivity index is 1.57. The summed E-state index contributed by atoms with van der Waals surface area (Å²) in [6, 6.07) is 15.2. The number of rotatable bonds is 8. The normalized spacial score (nSPS) is 14.2. The molecule has 188 valence electrons. The number of nitrogens with zero attached hydrogens (tertiary/aromatic N) is 3. The number of aryl methyl sites for hydroxylation is 1. The first-order valence-corrected chi connectivity index (χ1v) is 11.6. The van der Waals surface area contributed by atoms with Crippen LogP contribution in [0.1, 0.15) is 16.7 Å². The fraction of sp³-hybridized carbons (Fsp3) is 0.120. The summed E-state index contributed by atoms with van der Waals surface area (Å²) in [4.78, 5) is 47.6. The molecule has 4 rings (SSSR count). The molecular weight excluding hydrogens is 502 g/mol. The van der Waals surface area contributed by atoms with Crippen molar-refractivity contribution in [3.05, 3.63) is 102 Å². The van der Waals surface area contributed by atoms with Gasteiger partial charge in [0.2, 0.25) is 5.75 Å². The first-order chi connectivity index (χ1) is 17.7. The van der Waals surface area contributed by atoms with Crippen LogP contribution in [-0.2, 0) is 11.3 Å². The lowest BCUT2D eigenvalue weighted by molar-refractivity contribution is -0.394. The van der Waals surface area contributed by atoms with Crippen molar-refractivity contribution in [2.45, 2.75) is 13.5 Å². The zero-order chi connectivity index (χ0) is 26.7. The fourth-order valence-electron chi connectivity index (χ4n) is 3.61. The molecule has 12 heteroatoms. The smallest absolute Gasteiger partial charge is 0.318 e. The van der Waals surface area contributed by atoms with Crippen LogP contribution in [0.15, 0.2) is 65.6 Å². The van der Waals surface area contributed by atoms with E-state index in [2.05, 4.69) is 0 Å². The van der Waals surface area contributed by atoms with E-state index in [1.54, 1.807) is 18.2 Å². The Morgan fingerprint density at radius 2 is 1.70 bits per heavy atom. The maximum absolute atomic E-state index is 12.9. The van der Waals surface area contributed by atoms with Crippen molar-refractivity contribution in [1.82, 2.24) is 4.90 Å². The Kier molecular flexibility index (Phi) is 7.20. The average Bonchev–Trinajstić information content (AvgIpc) is 3.12. The number of nitro groups is 2. The molecule has 1 aliphatic heterocycles. The standard InChI is InChI=1S/C25H19N3O8S/c1-15-4-3-5-17(10-15)14-26-24(29)23(37-25(26)30)12-16-6-8-21(22(11-16)35-2)36-20-9-7-18(27(31)32)13-19(20)28(33)34/h3-13H,14H2,1-2H3/b23-12-. The zero-order valence-electron chi connectivity index (χ0n) is 19.6. The molecule has 1 fully saturated rings. The lowest BCUT2D eigenvalue weighted by atomic mass is 10.1. The minimum atomic E-state index is -0.782. The van der Waals surface area contributed by atoms with Gasteiger partial charge in [-0.3, -0.25) is 34.7 Å². The number of methoxy groups -OCH3 is 1. The van der Waals surface area contributed by atoms with Gasteiger partial charge in [-0.2, -0.15) is 0 Å². The van der Waals surface area contributed by atoms with Gasteiger partial charge in [-0.25, -0.2) is 0 Å². The van der Waals surface area contributed by atoms with Crippen molar-refractivity contribution in [1.29, 1.82) is 0 Å². The number of nitro benzene ring substituents is 2. The Morgan fingerprint density at radius 3 is 2.38 bits per heavy atom. The molecule has 0 unspecified atom stereocenters. The predicted molar refractivity (Wildman–Crippen MR) is 136 cm³/mol. The number of hydrogen-bond donors (Lipinski definition) is 0. The van der Waals surface area contributed by atoms with Crippen LogP contribution in [0, 0.1) is 27.2 Å². The molecule has 0 atom stereocenters. The van der Waals surface area contributed by atoms with E-state index in [4.69, 9.17) is 9.47 Å². The second-order valence-corrected chi connectivity index (χ2v) is 8.93. The number of ether oxygens (including phenoxy) is 2. The quantitative estimate of drug-likeness (QED) is 0.203. The predicted octanol–water partition coefficient (Wildman–Crippen LogP) is 5.85. The van der Waals surface area contributed by atoms with E-state index in [0.717, 1.165) is 41.1 Å². The molecule has 1 aliphatic rings. The van der Waals surface area contributed by atoms with Crippen molar-refractivity contribution >= 4 is 40.4 Å². The number of non-ortho nitro benzene ring substituents is 1. The molecule has 1 heterocycles. The lowest BCUT2D eigenvalue weighted by Crippen LogP contribution is -2.27. The van der Waals surface area contributed by atoms with Crippen molar-refractivity contribution in [3.63, 3.8) is 0 Å². The molecule has 3 aromatic carbocycles. The number of carbonyl (C=O) groups is 2. The van der Waals surface area contributed by atoms with E-state index in [-0.39, 0.29) is 33.9 Å². The van der Waals surface area contributed by atoms with Gasteiger partial charge in [-0.15, -0.1) is 0 Å². The van der Waals surface area contributed by atoms with Gasteiger partial charge in [0.05, 0.1) is 34.5 Å². The van der Waals surface area contributed by atoms with Crippen LogP contribution in [0.25, 0.3) is 6.08 Å². The van der Waals surface area contributed by atoms with Crippen molar-refractivity contribution in [2.24, 2.45) is 0 Å². The molecule has 11 nitrogen and oxygen atoms in total. The Hall–Kier alpha value is -4.71. The molecule has 1 saturated heterocycles. The highest BCUT2D eigenvalue weighted by Crippen LogP contribution is 2.39. The highest BCUT2D eigenvalue weighted by molar-refractivity contribution is 8.18. The molecule has 0 N–H and O–H groups in total. The van der Waals surface area contributed by atoms with Gasteiger partial charge in [0.25, 0.3) is 16.8 Å². The molecule has 0 radical (unpaired) electrons. The summed E-state index contributed by atoms with van der Waals surface area (Å²) >= 11 is 0.826. The van der Waals surface area contributed by atoms with E-state index in [9.17, 15) is 29.8 Å². The molecule has 0 saturated carbocycles. The summed E-state index contributed by atoms with van der Waals surface area (Å²) < 4.78 is 11.0. The van der Waals surface area contributed by atoms with E-state index in [0.29, 0.717) is 5.56 Å². The highest BCUT2D eigenvalue weighted by atomic mass is 32.2. The molecule has 0 aromatic heterocycles. The molecule has 37 heavy (non-hydrogen) atoms. The average molecular weight is 522 g/mol. The first-order valence-electron chi connectivity index (χ1n) is 10.8. The lowest BCUT2D eigenvalue weighted by Gasteiger charge is -2.13. The van der Waals surface area contributed by atoms with Gasteiger partial charge in [0.15, 0.2) is 11.5 Å². The van der Waals surface area contributed by atoms with Crippen molar-refractivity contribution in [3.8, 4) is 17.2 Å². The summed E-state index contributed by atoms with van der Waals surface area (Å²) in [7, 11) is 1.37. The number of carbonyl (C=O) groups excluding carboxylic acids is 2. The number of imide groups is 1. The van der Waals surface area contributed by atoms with Gasteiger partial charge in [-0.1, -0.05) is 35.9 Å². The minimum Gasteiger partial charge on any atom is -0.493 e. The van der Waals surface area contributed by atoms with Gasteiger partial charge in [0, 0.05) is 6.07 Å². The largest absolute Gasteiger partial charge is 0.493 e. The second-order valence-electron chi connectivity index (χ2n) is 7.94. The van der Waals surface area contributed by atoms with Gasteiger partial charge < -0.3 is 9.47 Å². The SMILES string of the molecule is COc1cc(/C=C2\SC(=O)N(Cc3cccc(C)c3)C2=O)ccc1Oc1ccc([N+](=O)[O-])cc1[N+](=O)[O-]. The molecular formula is C25H19N3O8S. The maximum atomic E-state index is 12.9. The Labute approximate surface area is 214 Å². The summed E-state index contributed by atoms with van der Waals surface area (Å²) in [5, 5.41) is 22.0. The highest BCUT2D eigenvalue weighted by Gasteiger charge is 2.35.